The lowest BCUT2D eigenvalue weighted by molar-refractivity contribution is -0.192. The van der Waals surface area contributed by atoms with Crippen LogP contribution in [0.3, 0.4) is 0 Å². The average molecular weight is 567 g/mol. The quantitative estimate of drug-likeness (QED) is 0.218. The molecule has 2 heterocycles. The summed E-state index contributed by atoms with van der Waals surface area (Å²) in [4.78, 5) is 24.2. The third-order valence-electron chi connectivity index (χ3n) is 5.77. The van der Waals surface area contributed by atoms with Crippen LogP contribution in [0.4, 0.5) is 13.2 Å². The molecule has 0 unspecified atom stereocenters. The van der Waals surface area contributed by atoms with Gasteiger partial charge in [0.2, 0.25) is 5.82 Å². The number of carbonyl (C=O) groups is 2. The van der Waals surface area contributed by atoms with Crippen molar-refractivity contribution in [2.45, 2.75) is 46.0 Å². The van der Waals surface area contributed by atoms with Crippen molar-refractivity contribution < 1.29 is 37.5 Å². The first kappa shape index (κ1) is 29.7. The van der Waals surface area contributed by atoms with Gasteiger partial charge in [0.05, 0.1) is 11.4 Å². The second kappa shape index (κ2) is 12.3. The summed E-state index contributed by atoms with van der Waals surface area (Å²) in [7, 11) is 0. The van der Waals surface area contributed by atoms with Crippen LogP contribution in [0, 0.1) is 6.92 Å². The highest BCUT2D eigenvalue weighted by Gasteiger charge is 2.38. The Morgan fingerprint density at radius 1 is 1.18 bits per heavy atom. The van der Waals surface area contributed by atoms with Crippen molar-refractivity contribution in [3.05, 3.63) is 58.7 Å². The normalized spacial score (nSPS) is 11.5. The first-order valence-electron chi connectivity index (χ1n) is 11.7. The van der Waals surface area contributed by atoms with E-state index in [9.17, 15) is 18.0 Å². The molecule has 0 spiro atoms. The number of carboxylic acids is 2. The molecule has 2 aromatic heterocycles. The van der Waals surface area contributed by atoms with Gasteiger partial charge in [0.15, 0.2) is 0 Å². The van der Waals surface area contributed by atoms with E-state index in [0.29, 0.717) is 35.9 Å². The van der Waals surface area contributed by atoms with E-state index in [1.807, 2.05) is 49.5 Å². The zero-order chi connectivity index (χ0) is 28.9. The number of aliphatic carboxylic acids is 2. The van der Waals surface area contributed by atoms with Gasteiger partial charge in [-0.25, -0.2) is 4.79 Å². The van der Waals surface area contributed by atoms with Gasteiger partial charge in [0.1, 0.15) is 0 Å². The van der Waals surface area contributed by atoms with Crippen molar-refractivity contribution in [3.63, 3.8) is 0 Å². The molecule has 0 amide bonds. The van der Waals surface area contributed by atoms with Gasteiger partial charge in [-0.15, -0.1) is 0 Å². The van der Waals surface area contributed by atoms with Crippen molar-refractivity contribution in [2.75, 3.05) is 6.54 Å². The Kier molecular flexibility index (Phi) is 9.36. The zero-order valence-electron chi connectivity index (χ0n) is 21.2. The van der Waals surface area contributed by atoms with E-state index in [4.69, 9.17) is 31.1 Å². The highest BCUT2D eigenvalue weighted by molar-refractivity contribution is 6.35. The molecule has 0 bridgehead atoms. The predicted octanol–water partition coefficient (Wildman–Crippen LogP) is 6.10. The first-order valence-corrected chi connectivity index (χ1v) is 12.1. The van der Waals surface area contributed by atoms with E-state index < -0.39 is 18.1 Å². The Hall–Kier alpha value is -3.90. The fraction of sp³-hybridized carbons (Fsp3) is 0.308. The summed E-state index contributed by atoms with van der Waals surface area (Å²) < 4.78 is 39.5. The maximum absolute atomic E-state index is 10.7. The fourth-order valence-electron chi connectivity index (χ4n) is 3.76. The van der Waals surface area contributed by atoms with Gasteiger partial charge in [-0.1, -0.05) is 35.0 Å². The smallest absolute Gasteiger partial charge is 0.481 e. The summed E-state index contributed by atoms with van der Waals surface area (Å²) in [5, 5.41) is 24.9. The summed E-state index contributed by atoms with van der Waals surface area (Å²) in [5.41, 5.74) is 4.83. The molecular weight excluding hydrogens is 541 g/mol. The number of fused-ring (bicyclic) bond motifs is 1. The molecule has 0 aliphatic carbocycles. The minimum absolute atomic E-state index is 0.0852. The number of hydrogen-bond donors (Lipinski definition) is 3. The maximum atomic E-state index is 10.7. The summed E-state index contributed by atoms with van der Waals surface area (Å²) in [5.74, 6) is -2.63. The summed E-state index contributed by atoms with van der Waals surface area (Å²) >= 11 is 6.46. The van der Waals surface area contributed by atoms with E-state index in [1.54, 1.807) is 0 Å². The van der Waals surface area contributed by atoms with Gasteiger partial charge in [0, 0.05) is 47.4 Å². The zero-order valence-corrected chi connectivity index (χ0v) is 22.0. The molecule has 2 aromatic carbocycles. The van der Waals surface area contributed by atoms with Crippen LogP contribution >= 0.6 is 11.6 Å². The summed E-state index contributed by atoms with van der Waals surface area (Å²) in [6.07, 6.45) is -3.05. The third-order valence-corrected chi connectivity index (χ3v) is 6.08. The Balaban J connectivity index is 0.000000532. The lowest BCUT2D eigenvalue weighted by Crippen LogP contribution is -2.21. The number of nitrogens with zero attached hydrogens (tertiary/aromatic N) is 3. The molecule has 208 valence electrons. The van der Waals surface area contributed by atoms with Crippen LogP contribution in [-0.2, 0) is 16.1 Å². The van der Waals surface area contributed by atoms with Crippen LogP contribution in [0.2, 0.25) is 5.02 Å². The molecule has 13 heteroatoms. The van der Waals surface area contributed by atoms with Crippen molar-refractivity contribution in [1.29, 1.82) is 0 Å². The van der Waals surface area contributed by atoms with Crippen LogP contribution in [-0.4, -0.2) is 49.6 Å². The number of rotatable bonds is 8. The number of halogens is 4. The Bertz CT molecular complexity index is 1480. The Labute approximate surface area is 226 Å². The van der Waals surface area contributed by atoms with Gasteiger partial charge < -0.3 is 24.6 Å². The van der Waals surface area contributed by atoms with Gasteiger partial charge in [-0.05, 0) is 50.1 Å². The fourth-order valence-corrected chi connectivity index (χ4v) is 4.02. The number of alkyl halides is 3. The van der Waals surface area contributed by atoms with Crippen molar-refractivity contribution >= 4 is 34.4 Å². The SMILES string of the molecule is Cc1c(CNCCC(=O)O)cccc1-c1noc(-c2ccc3c(c2)c(Cl)cn3C(C)C)n1.O=C(O)C(F)(F)F. The largest absolute Gasteiger partial charge is 0.490 e. The molecule has 0 radical (unpaired) electrons. The molecule has 0 saturated carbocycles. The van der Waals surface area contributed by atoms with Crippen LogP contribution in [0.1, 0.15) is 37.4 Å². The van der Waals surface area contributed by atoms with Gasteiger partial charge >= 0.3 is 18.1 Å². The number of carboxylic acid groups (broad SMARTS) is 2. The monoisotopic (exact) mass is 566 g/mol. The first-order chi connectivity index (χ1) is 18.3. The molecule has 9 nitrogen and oxygen atoms in total. The molecule has 3 N–H and O–H groups in total. The molecule has 0 atom stereocenters. The van der Waals surface area contributed by atoms with Crippen molar-refractivity contribution in [1.82, 2.24) is 20.0 Å². The van der Waals surface area contributed by atoms with Crippen LogP contribution < -0.4 is 5.32 Å². The van der Waals surface area contributed by atoms with E-state index in [1.165, 1.54) is 0 Å². The van der Waals surface area contributed by atoms with Crippen LogP contribution in [0.25, 0.3) is 33.7 Å². The second-order valence-electron chi connectivity index (χ2n) is 8.85. The minimum atomic E-state index is -5.08. The average Bonchev–Trinajstić information content (AvgIpc) is 3.47. The Morgan fingerprint density at radius 2 is 1.87 bits per heavy atom. The number of nitrogens with one attached hydrogen (secondary N) is 1. The number of benzene rings is 2. The van der Waals surface area contributed by atoms with Gasteiger partial charge in [0.25, 0.3) is 5.89 Å². The maximum Gasteiger partial charge on any atom is 0.490 e. The molecule has 0 aliphatic rings. The third kappa shape index (κ3) is 7.36. The van der Waals surface area contributed by atoms with Crippen LogP contribution in [0.5, 0.6) is 0 Å². The molecule has 39 heavy (non-hydrogen) atoms. The van der Waals surface area contributed by atoms with Gasteiger partial charge in [-0.3, -0.25) is 4.79 Å². The molecular formula is C26H26ClF3N4O5. The van der Waals surface area contributed by atoms with Gasteiger partial charge in [-0.2, -0.15) is 18.2 Å². The van der Waals surface area contributed by atoms with Crippen molar-refractivity contribution in [2.24, 2.45) is 0 Å². The Morgan fingerprint density at radius 3 is 2.49 bits per heavy atom. The highest BCUT2D eigenvalue weighted by atomic mass is 35.5. The molecule has 4 rings (SSSR count). The van der Waals surface area contributed by atoms with Crippen molar-refractivity contribution in [3.8, 4) is 22.8 Å². The molecule has 4 aromatic rings. The number of hydrogen-bond acceptors (Lipinski definition) is 6. The van der Waals surface area contributed by atoms with Crippen LogP contribution in [0.15, 0.2) is 47.1 Å². The highest BCUT2D eigenvalue weighted by Crippen LogP contribution is 2.33. The molecule has 0 aliphatic heterocycles. The minimum Gasteiger partial charge on any atom is -0.481 e. The van der Waals surface area contributed by atoms with E-state index in [0.717, 1.165) is 33.2 Å². The second-order valence-corrected chi connectivity index (χ2v) is 9.25. The lowest BCUT2D eigenvalue weighted by atomic mass is 10.0. The summed E-state index contributed by atoms with van der Waals surface area (Å²) in [6.45, 7) is 7.22. The molecule has 0 fully saturated rings. The standard InChI is InChI=1S/C24H25ClN4O3.C2HF3O2/c1-14(2)29-13-20(25)19-11-16(7-8-21(19)29)24-27-23(28-32-24)18-6-4-5-17(15(18)3)12-26-10-9-22(30)31;3-2(4,5)1(6)7/h4-8,11,13-14,26H,9-10,12H2,1-3H3,(H,30,31);(H,6,7). The lowest BCUT2D eigenvalue weighted by Gasteiger charge is -2.09. The molecule has 0 saturated heterocycles. The number of aromatic nitrogens is 3. The topological polar surface area (TPSA) is 130 Å². The van der Waals surface area contributed by atoms with E-state index in [2.05, 4.69) is 33.9 Å². The van der Waals surface area contributed by atoms with E-state index in [-0.39, 0.29) is 6.42 Å². The summed E-state index contributed by atoms with van der Waals surface area (Å²) in [6, 6.07) is 12.2. The predicted molar refractivity (Wildman–Crippen MR) is 138 cm³/mol. The van der Waals surface area contributed by atoms with E-state index >= 15 is 0 Å².